The number of benzene rings is 1. The van der Waals surface area contributed by atoms with Crippen molar-refractivity contribution in [1.29, 1.82) is 0 Å². The predicted molar refractivity (Wildman–Crippen MR) is 81.3 cm³/mol. The molecule has 1 aromatic heterocycles. The number of nitrogens with one attached hydrogen (secondary N) is 1. The molecule has 0 bridgehead atoms. The topological polar surface area (TPSA) is 85.1 Å². The first-order valence-electron chi connectivity index (χ1n) is 5.08. The van der Waals surface area contributed by atoms with Crippen LogP contribution in [0.15, 0.2) is 50.4 Å². The summed E-state index contributed by atoms with van der Waals surface area (Å²) in [6, 6.07) is 8.23. The zero-order chi connectivity index (χ0) is 14.0. The van der Waals surface area contributed by atoms with Gasteiger partial charge >= 0.3 is 0 Å². The number of pyridine rings is 1. The molecule has 5 nitrogen and oxygen atoms in total. The van der Waals surface area contributed by atoms with Crippen LogP contribution in [0.5, 0.6) is 0 Å². The summed E-state index contributed by atoms with van der Waals surface area (Å²) in [7, 11) is -3.77. The molecule has 19 heavy (non-hydrogen) atoms. The Balaban J connectivity index is 2.40. The third kappa shape index (κ3) is 3.46. The molecule has 8 heteroatoms. The highest BCUT2D eigenvalue weighted by Gasteiger charge is 2.19. The van der Waals surface area contributed by atoms with Gasteiger partial charge in [0.05, 0.1) is 0 Å². The van der Waals surface area contributed by atoms with Crippen LogP contribution in [0.1, 0.15) is 0 Å². The van der Waals surface area contributed by atoms with Gasteiger partial charge < -0.3 is 5.73 Å². The third-order valence-corrected chi connectivity index (χ3v) is 4.55. The fourth-order valence-electron chi connectivity index (χ4n) is 1.41. The van der Waals surface area contributed by atoms with E-state index in [-0.39, 0.29) is 10.7 Å². The van der Waals surface area contributed by atoms with E-state index in [1.807, 2.05) is 0 Å². The Morgan fingerprint density at radius 1 is 1.16 bits per heavy atom. The molecule has 1 aromatic carbocycles. The van der Waals surface area contributed by atoms with Crippen molar-refractivity contribution in [2.24, 2.45) is 0 Å². The quantitative estimate of drug-likeness (QED) is 0.820. The lowest BCUT2D eigenvalue weighted by molar-refractivity contribution is 0.601. The Kier molecular flexibility index (Phi) is 4.12. The van der Waals surface area contributed by atoms with Crippen LogP contribution in [0.3, 0.4) is 0 Å². The molecule has 3 N–H and O–H groups in total. The van der Waals surface area contributed by atoms with Crippen molar-refractivity contribution < 1.29 is 8.42 Å². The second-order valence-electron chi connectivity index (χ2n) is 3.65. The standard InChI is InChI=1S/C11H9Br2N3O2S/c12-7-2-1-3-9(4-7)16-19(17,18)10-5-8(13)6-15-11(10)14/h1-6,16H,(H2,14,15). The van der Waals surface area contributed by atoms with E-state index in [2.05, 4.69) is 41.6 Å². The van der Waals surface area contributed by atoms with Gasteiger partial charge in [-0.05, 0) is 40.2 Å². The van der Waals surface area contributed by atoms with Gasteiger partial charge in [-0.15, -0.1) is 0 Å². The van der Waals surface area contributed by atoms with Crippen LogP contribution < -0.4 is 10.5 Å². The van der Waals surface area contributed by atoms with Crippen LogP contribution in [0.2, 0.25) is 0 Å². The number of hydrogen-bond acceptors (Lipinski definition) is 4. The van der Waals surface area contributed by atoms with E-state index in [0.29, 0.717) is 10.2 Å². The Bertz CT molecular complexity index is 720. The molecule has 0 atom stereocenters. The van der Waals surface area contributed by atoms with E-state index in [9.17, 15) is 8.42 Å². The molecule has 2 aromatic rings. The maximum absolute atomic E-state index is 12.2. The van der Waals surface area contributed by atoms with Crippen molar-refractivity contribution in [2.75, 3.05) is 10.5 Å². The second-order valence-corrected chi connectivity index (χ2v) is 7.13. The lowest BCUT2D eigenvalue weighted by Crippen LogP contribution is -2.15. The normalized spacial score (nSPS) is 11.3. The number of nitrogen functional groups attached to an aromatic ring is 1. The van der Waals surface area contributed by atoms with Gasteiger partial charge in [0.25, 0.3) is 10.0 Å². The van der Waals surface area contributed by atoms with Crippen LogP contribution in [0.25, 0.3) is 0 Å². The number of halogens is 2. The van der Waals surface area contributed by atoms with Crippen LogP contribution in [-0.2, 0) is 10.0 Å². The van der Waals surface area contributed by atoms with Gasteiger partial charge in [0.1, 0.15) is 10.7 Å². The third-order valence-electron chi connectivity index (χ3n) is 2.21. The summed E-state index contributed by atoms with van der Waals surface area (Å²) in [4.78, 5) is 3.74. The van der Waals surface area contributed by atoms with E-state index in [1.54, 1.807) is 24.3 Å². The zero-order valence-corrected chi connectivity index (χ0v) is 13.5. The van der Waals surface area contributed by atoms with Gasteiger partial charge in [0.2, 0.25) is 0 Å². The first kappa shape index (κ1) is 14.3. The summed E-state index contributed by atoms with van der Waals surface area (Å²) < 4.78 is 28.2. The summed E-state index contributed by atoms with van der Waals surface area (Å²) in [6.45, 7) is 0. The lowest BCUT2D eigenvalue weighted by Gasteiger charge is -2.10. The first-order valence-corrected chi connectivity index (χ1v) is 8.15. The van der Waals surface area contributed by atoms with Crippen molar-refractivity contribution >= 4 is 53.4 Å². The van der Waals surface area contributed by atoms with Gasteiger partial charge in [-0.25, -0.2) is 13.4 Å². The molecule has 0 aliphatic heterocycles. The Morgan fingerprint density at radius 2 is 1.89 bits per heavy atom. The molecule has 100 valence electrons. The number of nitrogens with zero attached hydrogens (tertiary/aromatic N) is 1. The number of hydrogen-bond donors (Lipinski definition) is 2. The maximum Gasteiger partial charge on any atom is 0.265 e. The minimum atomic E-state index is -3.77. The summed E-state index contributed by atoms with van der Waals surface area (Å²) in [5, 5.41) is 0. The van der Waals surface area contributed by atoms with Gasteiger partial charge in [0, 0.05) is 20.8 Å². The molecule has 0 unspecified atom stereocenters. The molecule has 0 aliphatic carbocycles. The summed E-state index contributed by atoms with van der Waals surface area (Å²) in [6.07, 6.45) is 1.44. The van der Waals surface area contributed by atoms with Crippen LogP contribution >= 0.6 is 31.9 Å². The molecule has 0 saturated carbocycles. The molecule has 0 aliphatic rings. The first-order chi connectivity index (χ1) is 8.88. The number of rotatable bonds is 3. The largest absolute Gasteiger partial charge is 0.383 e. The monoisotopic (exact) mass is 405 g/mol. The second kappa shape index (κ2) is 5.48. The minimum absolute atomic E-state index is 0.0503. The molecule has 0 fully saturated rings. The zero-order valence-electron chi connectivity index (χ0n) is 9.47. The molecular formula is C11H9Br2N3O2S. The summed E-state index contributed by atoms with van der Waals surface area (Å²) >= 11 is 6.44. The van der Waals surface area contributed by atoms with Crippen LogP contribution in [0.4, 0.5) is 11.5 Å². The number of sulfonamides is 1. The minimum Gasteiger partial charge on any atom is -0.383 e. The van der Waals surface area contributed by atoms with Gasteiger partial charge in [-0.2, -0.15) is 0 Å². The van der Waals surface area contributed by atoms with Gasteiger partial charge in [-0.1, -0.05) is 22.0 Å². The highest BCUT2D eigenvalue weighted by atomic mass is 79.9. The van der Waals surface area contributed by atoms with Crippen molar-refractivity contribution in [3.63, 3.8) is 0 Å². The Hall–Kier alpha value is -1.12. The molecule has 0 spiro atoms. The average Bonchev–Trinajstić information content (AvgIpc) is 2.31. The van der Waals surface area contributed by atoms with Gasteiger partial charge in [-0.3, -0.25) is 4.72 Å². The molecule has 0 amide bonds. The lowest BCUT2D eigenvalue weighted by atomic mass is 10.3. The van der Waals surface area contributed by atoms with Gasteiger partial charge in [0.15, 0.2) is 0 Å². The van der Waals surface area contributed by atoms with E-state index in [0.717, 1.165) is 4.47 Å². The van der Waals surface area contributed by atoms with Crippen LogP contribution in [0, 0.1) is 0 Å². The van der Waals surface area contributed by atoms with Crippen molar-refractivity contribution in [3.05, 3.63) is 45.5 Å². The van der Waals surface area contributed by atoms with E-state index in [1.165, 1.54) is 12.3 Å². The highest BCUT2D eigenvalue weighted by molar-refractivity contribution is 9.10. The maximum atomic E-state index is 12.2. The van der Waals surface area contributed by atoms with Crippen molar-refractivity contribution in [1.82, 2.24) is 4.98 Å². The average molecular weight is 407 g/mol. The molecular weight excluding hydrogens is 398 g/mol. The fourth-order valence-corrected chi connectivity index (χ4v) is 3.45. The fraction of sp³-hybridized carbons (Fsp3) is 0. The summed E-state index contributed by atoms with van der Waals surface area (Å²) in [5.41, 5.74) is 6.04. The molecule has 1 heterocycles. The predicted octanol–water partition coefficient (Wildman–Crippen LogP) is 2.99. The smallest absolute Gasteiger partial charge is 0.265 e. The Labute approximate surface area is 127 Å². The van der Waals surface area contributed by atoms with Crippen molar-refractivity contribution in [2.45, 2.75) is 4.90 Å². The van der Waals surface area contributed by atoms with E-state index in [4.69, 9.17) is 5.73 Å². The van der Waals surface area contributed by atoms with Crippen LogP contribution in [-0.4, -0.2) is 13.4 Å². The van der Waals surface area contributed by atoms with E-state index >= 15 is 0 Å². The molecule has 2 rings (SSSR count). The summed E-state index contributed by atoms with van der Waals surface area (Å²) in [5.74, 6) is -0.0503. The van der Waals surface area contributed by atoms with E-state index < -0.39 is 10.0 Å². The number of aromatic nitrogens is 1. The Morgan fingerprint density at radius 3 is 2.58 bits per heavy atom. The van der Waals surface area contributed by atoms with Crippen molar-refractivity contribution in [3.8, 4) is 0 Å². The molecule has 0 radical (unpaired) electrons. The number of nitrogens with two attached hydrogens (primary N) is 1. The molecule has 0 saturated heterocycles. The number of anilines is 2. The highest BCUT2D eigenvalue weighted by Crippen LogP contribution is 2.24. The SMILES string of the molecule is Nc1ncc(Br)cc1S(=O)(=O)Nc1cccc(Br)c1.